The number of rotatable bonds is 6. The van der Waals surface area contributed by atoms with E-state index in [1.165, 1.54) is 0 Å². The van der Waals surface area contributed by atoms with Gasteiger partial charge in [0.2, 0.25) is 0 Å². The molecule has 1 aliphatic carbocycles. The van der Waals surface area contributed by atoms with Gasteiger partial charge in [-0.15, -0.1) is 0 Å². The normalized spacial score (nSPS) is 25.2. The van der Waals surface area contributed by atoms with Crippen molar-refractivity contribution in [1.29, 1.82) is 0 Å². The Bertz CT molecular complexity index is 226. The average molecular weight is 232 g/mol. The predicted octanol–water partition coefficient (Wildman–Crippen LogP) is 0.500. The molecule has 0 aromatic rings. The Hall–Kier alpha value is -1.14. The van der Waals surface area contributed by atoms with Crippen LogP contribution in [-0.2, 0) is 19.1 Å². The second-order valence-electron chi connectivity index (χ2n) is 3.77. The number of hydrogen-bond donors (Lipinski definition) is 2. The van der Waals surface area contributed by atoms with Crippen molar-refractivity contribution in [1.82, 2.24) is 0 Å². The fraction of sp³-hybridized carbons (Fsp3) is 0.800. The van der Waals surface area contributed by atoms with E-state index < -0.39 is 11.9 Å². The van der Waals surface area contributed by atoms with Gasteiger partial charge in [-0.3, -0.25) is 0 Å². The molecular formula is C10H16O6. The Morgan fingerprint density at radius 3 is 1.62 bits per heavy atom. The number of aliphatic carboxylic acids is 2. The van der Waals surface area contributed by atoms with Crippen LogP contribution in [0.3, 0.4) is 0 Å². The van der Waals surface area contributed by atoms with E-state index in [4.69, 9.17) is 19.7 Å². The fourth-order valence-corrected chi connectivity index (χ4v) is 1.80. The third-order valence-electron chi connectivity index (χ3n) is 2.48. The Morgan fingerprint density at radius 2 is 1.31 bits per heavy atom. The van der Waals surface area contributed by atoms with Gasteiger partial charge in [0.05, 0.1) is 12.2 Å². The van der Waals surface area contributed by atoms with Crippen LogP contribution in [0.4, 0.5) is 0 Å². The lowest BCUT2D eigenvalue weighted by Crippen LogP contribution is -2.37. The van der Waals surface area contributed by atoms with E-state index in [1.807, 2.05) is 0 Å². The quantitative estimate of drug-likeness (QED) is 0.692. The Balaban J connectivity index is 2.37. The average Bonchev–Trinajstić information content (AvgIpc) is 2.24. The lowest BCUT2D eigenvalue weighted by Gasteiger charge is -2.30. The molecule has 92 valence electrons. The first-order valence-corrected chi connectivity index (χ1v) is 5.26. The molecule has 0 aliphatic heterocycles. The van der Waals surface area contributed by atoms with E-state index in [2.05, 4.69) is 0 Å². The van der Waals surface area contributed by atoms with Crippen LogP contribution in [0.1, 0.15) is 25.7 Å². The van der Waals surface area contributed by atoms with Gasteiger partial charge < -0.3 is 19.7 Å². The molecule has 1 rings (SSSR count). The van der Waals surface area contributed by atoms with E-state index >= 15 is 0 Å². The fourth-order valence-electron chi connectivity index (χ4n) is 1.80. The molecule has 1 fully saturated rings. The van der Waals surface area contributed by atoms with Crippen molar-refractivity contribution < 1.29 is 29.3 Å². The monoisotopic (exact) mass is 232 g/mol. The van der Waals surface area contributed by atoms with Gasteiger partial charge >= 0.3 is 11.9 Å². The second kappa shape index (κ2) is 6.44. The van der Waals surface area contributed by atoms with Crippen molar-refractivity contribution in [3.8, 4) is 0 Å². The summed E-state index contributed by atoms with van der Waals surface area (Å²) in [6, 6.07) is 0. The summed E-state index contributed by atoms with van der Waals surface area (Å²) in [7, 11) is 0. The molecular weight excluding hydrogens is 216 g/mol. The molecule has 0 aromatic heterocycles. The van der Waals surface area contributed by atoms with Crippen LogP contribution < -0.4 is 0 Å². The third kappa shape index (κ3) is 4.59. The van der Waals surface area contributed by atoms with Crippen LogP contribution in [0.5, 0.6) is 0 Å². The van der Waals surface area contributed by atoms with Crippen LogP contribution in [-0.4, -0.2) is 47.6 Å². The zero-order chi connectivity index (χ0) is 12.0. The van der Waals surface area contributed by atoms with E-state index in [0.29, 0.717) is 0 Å². The summed E-state index contributed by atoms with van der Waals surface area (Å²) in [4.78, 5) is 20.7. The standard InChI is InChI=1S/C10H16O6/c11-9(12)5-15-7-3-1-2-4-8(7)16-6-10(13)14/h7-8H,1-6H2,(H,11,12)(H,13,14). The minimum absolute atomic E-state index is 0.302. The Morgan fingerprint density at radius 1 is 0.938 bits per heavy atom. The molecule has 2 N–H and O–H groups in total. The number of carbonyl (C=O) groups is 2. The van der Waals surface area contributed by atoms with Gasteiger partial charge in [0.25, 0.3) is 0 Å². The molecule has 0 saturated heterocycles. The van der Waals surface area contributed by atoms with E-state index in [1.54, 1.807) is 0 Å². The summed E-state index contributed by atoms with van der Waals surface area (Å²) in [5.74, 6) is -2.05. The molecule has 0 amide bonds. The molecule has 2 unspecified atom stereocenters. The topological polar surface area (TPSA) is 93.1 Å². The van der Waals surface area contributed by atoms with Crippen molar-refractivity contribution in [2.75, 3.05) is 13.2 Å². The third-order valence-corrected chi connectivity index (χ3v) is 2.48. The summed E-state index contributed by atoms with van der Waals surface area (Å²) >= 11 is 0. The highest BCUT2D eigenvalue weighted by Gasteiger charge is 2.27. The smallest absolute Gasteiger partial charge is 0.329 e. The lowest BCUT2D eigenvalue weighted by atomic mass is 9.94. The highest BCUT2D eigenvalue weighted by atomic mass is 16.6. The van der Waals surface area contributed by atoms with Crippen LogP contribution in [0, 0.1) is 0 Å². The van der Waals surface area contributed by atoms with Crippen LogP contribution in [0.15, 0.2) is 0 Å². The van der Waals surface area contributed by atoms with Gasteiger partial charge in [0.1, 0.15) is 13.2 Å². The molecule has 1 aliphatic rings. The van der Waals surface area contributed by atoms with Crippen LogP contribution in [0.25, 0.3) is 0 Å². The minimum Gasteiger partial charge on any atom is -0.480 e. The van der Waals surface area contributed by atoms with E-state index in [-0.39, 0.29) is 25.4 Å². The number of carboxylic acid groups (broad SMARTS) is 2. The predicted molar refractivity (Wildman–Crippen MR) is 53.2 cm³/mol. The Kier molecular flexibility index (Phi) is 5.21. The van der Waals surface area contributed by atoms with Crippen molar-refractivity contribution in [2.45, 2.75) is 37.9 Å². The van der Waals surface area contributed by atoms with Gasteiger partial charge in [-0.05, 0) is 12.8 Å². The van der Waals surface area contributed by atoms with Gasteiger partial charge in [-0.1, -0.05) is 12.8 Å². The molecule has 2 atom stereocenters. The summed E-state index contributed by atoms with van der Waals surface area (Å²) in [6.07, 6.45) is 2.75. The molecule has 6 nitrogen and oxygen atoms in total. The largest absolute Gasteiger partial charge is 0.480 e. The van der Waals surface area contributed by atoms with E-state index in [9.17, 15) is 9.59 Å². The first-order chi connectivity index (χ1) is 7.59. The first kappa shape index (κ1) is 12.9. The molecule has 0 heterocycles. The molecule has 0 aromatic carbocycles. The van der Waals surface area contributed by atoms with Crippen LogP contribution >= 0.6 is 0 Å². The van der Waals surface area contributed by atoms with Crippen molar-refractivity contribution >= 4 is 11.9 Å². The maximum atomic E-state index is 10.4. The van der Waals surface area contributed by atoms with Crippen molar-refractivity contribution in [3.05, 3.63) is 0 Å². The maximum Gasteiger partial charge on any atom is 0.329 e. The molecule has 0 spiro atoms. The molecule has 1 saturated carbocycles. The zero-order valence-electron chi connectivity index (χ0n) is 8.92. The SMILES string of the molecule is O=C(O)COC1CCCCC1OCC(=O)O. The number of carboxylic acids is 2. The minimum atomic E-state index is -1.03. The van der Waals surface area contributed by atoms with Crippen molar-refractivity contribution in [2.24, 2.45) is 0 Å². The number of ether oxygens (including phenoxy) is 2. The molecule has 0 radical (unpaired) electrons. The second-order valence-corrected chi connectivity index (χ2v) is 3.77. The highest BCUT2D eigenvalue weighted by Crippen LogP contribution is 2.23. The summed E-state index contributed by atoms with van der Waals surface area (Å²) in [6.45, 7) is -0.727. The lowest BCUT2D eigenvalue weighted by molar-refractivity contribution is -0.158. The van der Waals surface area contributed by atoms with Gasteiger partial charge in [0, 0.05) is 0 Å². The highest BCUT2D eigenvalue weighted by molar-refractivity contribution is 5.68. The van der Waals surface area contributed by atoms with Gasteiger partial charge in [-0.25, -0.2) is 9.59 Å². The maximum absolute atomic E-state index is 10.4. The summed E-state index contributed by atoms with van der Waals surface area (Å²) in [5, 5.41) is 17.0. The van der Waals surface area contributed by atoms with E-state index in [0.717, 1.165) is 25.7 Å². The summed E-state index contributed by atoms with van der Waals surface area (Å²) < 4.78 is 10.3. The molecule has 0 bridgehead atoms. The summed E-state index contributed by atoms with van der Waals surface area (Å²) in [5.41, 5.74) is 0. The van der Waals surface area contributed by atoms with Gasteiger partial charge in [-0.2, -0.15) is 0 Å². The molecule has 6 heteroatoms. The zero-order valence-corrected chi connectivity index (χ0v) is 8.92. The van der Waals surface area contributed by atoms with Crippen LogP contribution in [0.2, 0.25) is 0 Å². The van der Waals surface area contributed by atoms with Crippen molar-refractivity contribution in [3.63, 3.8) is 0 Å². The first-order valence-electron chi connectivity index (χ1n) is 5.26. The molecule has 16 heavy (non-hydrogen) atoms. The number of hydrogen-bond acceptors (Lipinski definition) is 4. The van der Waals surface area contributed by atoms with Gasteiger partial charge in [0.15, 0.2) is 0 Å². The Labute approximate surface area is 93.2 Å².